The molecule has 0 aromatic heterocycles. The molecule has 1 atom stereocenters. The minimum absolute atomic E-state index is 0.341. The number of carbonyl (C=O) groups excluding carboxylic acids is 2. The number of nitrogens with zero attached hydrogens (tertiary/aromatic N) is 1. The topological polar surface area (TPSA) is 81.7 Å². The van der Waals surface area contributed by atoms with Crippen molar-refractivity contribution >= 4 is 23.3 Å². The van der Waals surface area contributed by atoms with Crippen molar-refractivity contribution in [3.63, 3.8) is 0 Å². The van der Waals surface area contributed by atoms with E-state index in [0.29, 0.717) is 23.5 Å². The van der Waals surface area contributed by atoms with Gasteiger partial charge in [0, 0.05) is 17.8 Å². The van der Waals surface area contributed by atoms with Crippen LogP contribution in [0.15, 0.2) is 48.5 Å². The molecule has 0 fully saturated rings. The third-order valence-corrected chi connectivity index (χ3v) is 4.53. The third kappa shape index (κ3) is 2.93. The summed E-state index contributed by atoms with van der Waals surface area (Å²) in [6.07, 6.45) is 1.58. The zero-order valence-corrected chi connectivity index (χ0v) is 15.0. The molecule has 1 heterocycles. The van der Waals surface area contributed by atoms with Gasteiger partial charge in [-0.05, 0) is 36.6 Å². The fourth-order valence-corrected chi connectivity index (χ4v) is 3.11. The van der Waals surface area contributed by atoms with E-state index in [2.05, 4.69) is 10.6 Å². The Morgan fingerprint density at radius 2 is 1.85 bits per heavy atom. The van der Waals surface area contributed by atoms with E-state index in [1.54, 1.807) is 36.4 Å². The number of carbonyl (C=O) groups is 2. The monoisotopic (exact) mass is 353 g/mol. The van der Waals surface area contributed by atoms with Crippen molar-refractivity contribution in [1.29, 1.82) is 0 Å². The van der Waals surface area contributed by atoms with Crippen molar-refractivity contribution in [3.05, 3.63) is 59.7 Å². The highest BCUT2D eigenvalue weighted by atomic mass is 16.3. The molecule has 2 aromatic rings. The Kier molecular flexibility index (Phi) is 4.95. The fraction of sp³-hybridized carbons (Fsp3) is 0.300. The second kappa shape index (κ2) is 7.17. The van der Waals surface area contributed by atoms with Crippen molar-refractivity contribution in [1.82, 2.24) is 5.32 Å². The molecule has 6 nitrogen and oxygen atoms in total. The van der Waals surface area contributed by atoms with Crippen LogP contribution in [0.4, 0.5) is 16.2 Å². The number of aliphatic hydroxyl groups is 1. The first-order chi connectivity index (χ1) is 12.5. The van der Waals surface area contributed by atoms with Crippen molar-refractivity contribution in [3.8, 4) is 0 Å². The van der Waals surface area contributed by atoms with E-state index in [9.17, 15) is 14.7 Å². The zero-order valence-electron chi connectivity index (χ0n) is 15.0. The van der Waals surface area contributed by atoms with Gasteiger partial charge in [0.2, 0.25) is 0 Å². The van der Waals surface area contributed by atoms with E-state index in [0.717, 1.165) is 23.3 Å². The largest absolute Gasteiger partial charge is 0.359 e. The molecule has 2 aromatic carbocycles. The number of aryl methyl sites for hydroxylation is 1. The van der Waals surface area contributed by atoms with Gasteiger partial charge in [-0.2, -0.15) is 0 Å². The van der Waals surface area contributed by atoms with E-state index in [4.69, 9.17) is 0 Å². The lowest BCUT2D eigenvalue weighted by Gasteiger charge is -2.42. The molecule has 3 N–H and O–H groups in total. The van der Waals surface area contributed by atoms with Crippen LogP contribution in [0.25, 0.3) is 0 Å². The highest BCUT2D eigenvalue weighted by Crippen LogP contribution is 2.39. The van der Waals surface area contributed by atoms with Crippen molar-refractivity contribution < 1.29 is 14.7 Å². The van der Waals surface area contributed by atoms with E-state index in [-0.39, 0.29) is 0 Å². The summed E-state index contributed by atoms with van der Waals surface area (Å²) in [5, 5.41) is 16.9. The van der Waals surface area contributed by atoms with Gasteiger partial charge in [0.05, 0.1) is 5.69 Å². The number of para-hydroxylation sites is 1. The number of hydrogen-bond donors (Lipinski definition) is 3. The van der Waals surface area contributed by atoms with E-state index in [1.807, 2.05) is 26.0 Å². The summed E-state index contributed by atoms with van der Waals surface area (Å²) in [5.41, 5.74) is 0.191. The number of amides is 3. The standard InChI is InChI=1S/C20H23N3O3/c1-3-13-21-18(24)20(26)16-7-5-6-8-17(16)22-19(25)23(20)15-11-9-14(4-2)10-12-15/h5-12,26H,3-4,13H2,1-2H3,(H,21,24)(H,22,25). The number of rotatable bonds is 5. The Morgan fingerprint density at radius 3 is 2.50 bits per heavy atom. The Hall–Kier alpha value is -2.86. The number of anilines is 2. The molecule has 0 radical (unpaired) electrons. The first-order valence-corrected chi connectivity index (χ1v) is 8.82. The molecule has 1 aliphatic rings. The van der Waals surface area contributed by atoms with Gasteiger partial charge in [0.15, 0.2) is 0 Å². The quantitative estimate of drug-likeness (QED) is 0.773. The van der Waals surface area contributed by atoms with Crippen LogP contribution >= 0.6 is 0 Å². The molecule has 6 heteroatoms. The summed E-state index contributed by atoms with van der Waals surface area (Å²) in [5.74, 6) is -0.624. The van der Waals surface area contributed by atoms with Crippen LogP contribution in [0, 0.1) is 0 Å². The maximum Gasteiger partial charge on any atom is 0.329 e. The van der Waals surface area contributed by atoms with E-state index >= 15 is 0 Å². The average Bonchev–Trinajstić information content (AvgIpc) is 2.66. The second-order valence-electron chi connectivity index (χ2n) is 6.26. The zero-order chi connectivity index (χ0) is 18.7. The van der Waals surface area contributed by atoms with Crippen molar-refractivity contribution in [2.45, 2.75) is 32.4 Å². The number of urea groups is 1. The van der Waals surface area contributed by atoms with Gasteiger partial charge < -0.3 is 15.7 Å². The average molecular weight is 353 g/mol. The van der Waals surface area contributed by atoms with Gasteiger partial charge in [-0.3, -0.25) is 9.69 Å². The molecule has 0 bridgehead atoms. The molecule has 0 saturated heterocycles. The Bertz CT molecular complexity index is 819. The van der Waals surface area contributed by atoms with Crippen LogP contribution in [-0.2, 0) is 16.9 Å². The lowest BCUT2D eigenvalue weighted by molar-refractivity contribution is -0.140. The summed E-state index contributed by atoms with van der Waals surface area (Å²) in [7, 11) is 0. The number of fused-ring (bicyclic) bond motifs is 1. The normalized spacial score (nSPS) is 18.9. The minimum Gasteiger partial charge on any atom is -0.359 e. The molecule has 0 aliphatic carbocycles. The fourth-order valence-electron chi connectivity index (χ4n) is 3.11. The lowest BCUT2D eigenvalue weighted by Crippen LogP contribution is -2.62. The highest BCUT2D eigenvalue weighted by molar-refractivity contribution is 6.11. The Labute approximate surface area is 152 Å². The Balaban J connectivity index is 2.13. The molecule has 0 spiro atoms. The first kappa shape index (κ1) is 17.9. The van der Waals surface area contributed by atoms with Crippen LogP contribution in [0.1, 0.15) is 31.4 Å². The van der Waals surface area contributed by atoms with E-state index < -0.39 is 17.7 Å². The maximum atomic E-state index is 12.9. The number of hydrogen-bond acceptors (Lipinski definition) is 3. The molecular formula is C20H23N3O3. The van der Waals surface area contributed by atoms with Crippen LogP contribution in [0.2, 0.25) is 0 Å². The summed E-state index contributed by atoms with van der Waals surface area (Å²) in [6.45, 7) is 4.37. The lowest BCUT2D eigenvalue weighted by atomic mass is 9.94. The molecule has 26 heavy (non-hydrogen) atoms. The number of benzene rings is 2. The van der Waals surface area contributed by atoms with E-state index in [1.165, 1.54) is 0 Å². The van der Waals surface area contributed by atoms with Crippen LogP contribution in [0.5, 0.6) is 0 Å². The molecular weight excluding hydrogens is 330 g/mol. The van der Waals surface area contributed by atoms with Gasteiger partial charge in [-0.15, -0.1) is 0 Å². The molecule has 0 saturated carbocycles. The van der Waals surface area contributed by atoms with Gasteiger partial charge in [-0.25, -0.2) is 4.79 Å². The summed E-state index contributed by atoms with van der Waals surface area (Å²) in [6, 6.07) is 13.5. The molecule has 3 rings (SSSR count). The Morgan fingerprint density at radius 1 is 1.15 bits per heavy atom. The van der Waals surface area contributed by atoms with Crippen LogP contribution < -0.4 is 15.5 Å². The second-order valence-corrected chi connectivity index (χ2v) is 6.26. The molecule has 1 aliphatic heterocycles. The number of nitrogens with one attached hydrogen (secondary N) is 2. The minimum atomic E-state index is -2.12. The predicted molar refractivity (Wildman–Crippen MR) is 101 cm³/mol. The summed E-state index contributed by atoms with van der Waals surface area (Å²) in [4.78, 5) is 26.8. The molecule has 1 unspecified atom stereocenters. The SMILES string of the molecule is CCCNC(=O)C1(O)c2ccccc2NC(=O)N1c1ccc(CC)cc1. The van der Waals surface area contributed by atoms with Gasteiger partial charge in [0.25, 0.3) is 11.6 Å². The third-order valence-electron chi connectivity index (χ3n) is 4.53. The smallest absolute Gasteiger partial charge is 0.329 e. The van der Waals surface area contributed by atoms with Crippen molar-refractivity contribution in [2.75, 3.05) is 16.8 Å². The van der Waals surface area contributed by atoms with Gasteiger partial charge in [0.1, 0.15) is 0 Å². The first-order valence-electron chi connectivity index (χ1n) is 8.82. The predicted octanol–water partition coefficient (Wildman–Crippen LogP) is 2.97. The summed E-state index contributed by atoms with van der Waals surface area (Å²) >= 11 is 0. The van der Waals surface area contributed by atoms with Crippen molar-refractivity contribution in [2.24, 2.45) is 0 Å². The molecule has 3 amide bonds. The van der Waals surface area contributed by atoms with Crippen LogP contribution in [0.3, 0.4) is 0 Å². The summed E-state index contributed by atoms with van der Waals surface area (Å²) < 4.78 is 0. The highest BCUT2D eigenvalue weighted by Gasteiger charge is 2.51. The molecule has 136 valence electrons. The van der Waals surface area contributed by atoms with Gasteiger partial charge in [-0.1, -0.05) is 44.2 Å². The maximum absolute atomic E-state index is 12.9. The van der Waals surface area contributed by atoms with Crippen LogP contribution in [-0.4, -0.2) is 23.6 Å². The van der Waals surface area contributed by atoms with Gasteiger partial charge >= 0.3 is 6.03 Å².